The van der Waals surface area contributed by atoms with Gasteiger partial charge in [-0.25, -0.2) is 14.1 Å². The highest BCUT2D eigenvalue weighted by Gasteiger charge is 2.50. The SMILES string of the molecule is COc1cc(C2=CC3C(S2)C(=O)N(c2cncc4cnn(C)c24)C(=O)N3CC#N)c(C#N)cc1F. The van der Waals surface area contributed by atoms with E-state index in [9.17, 15) is 24.5 Å². The number of carbonyl (C=O) groups excluding carboxylic acids is 2. The van der Waals surface area contributed by atoms with E-state index in [0.29, 0.717) is 21.4 Å². The van der Waals surface area contributed by atoms with Gasteiger partial charge in [0.1, 0.15) is 11.8 Å². The molecule has 12 heteroatoms. The van der Waals surface area contributed by atoms with Gasteiger partial charge in [0.05, 0.1) is 54.5 Å². The largest absolute Gasteiger partial charge is 0.494 e. The molecule has 0 bridgehead atoms. The van der Waals surface area contributed by atoms with Crippen LogP contribution < -0.4 is 9.64 Å². The molecule has 174 valence electrons. The number of carbonyl (C=O) groups is 2. The maximum Gasteiger partial charge on any atom is 0.332 e. The number of rotatable bonds is 4. The number of benzene rings is 1. The Kier molecular flexibility index (Phi) is 5.38. The molecule has 3 amide bonds. The van der Waals surface area contributed by atoms with E-state index in [4.69, 9.17) is 4.74 Å². The lowest BCUT2D eigenvalue weighted by molar-refractivity contribution is -0.119. The predicted molar refractivity (Wildman–Crippen MR) is 125 cm³/mol. The number of urea groups is 1. The predicted octanol–water partition coefficient (Wildman–Crippen LogP) is 2.80. The van der Waals surface area contributed by atoms with Crippen molar-refractivity contribution in [2.24, 2.45) is 7.05 Å². The van der Waals surface area contributed by atoms with E-state index in [0.717, 1.165) is 22.7 Å². The van der Waals surface area contributed by atoms with Crippen LogP contribution in [0.2, 0.25) is 0 Å². The Hall–Kier alpha value is -4.42. The molecule has 0 saturated carbocycles. The van der Waals surface area contributed by atoms with Crippen molar-refractivity contribution in [2.75, 3.05) is 18.6 Å². The van der Waals surface area contributed by atoms with Crippen LogP contribution in [0.25, 0.3) is 15.8 Å². The van der Waals surface area contributed by atoms with E-state index in [1.165, 1.54) is 24.3 Å². The van der Waals surface area contributed by atoms with E-state index in [1.807, 2.05) is 12.1 Å². The molecular formula is C23H16FN7O3S. The lowest BCUT2D eigenvalue weighted by Crippen LogP contribution is -2.62. The number of halogens is 1. The van der Waals surface area contributed by atoms with Crippen LogP contribution in [0.3, 0.4) is 0 Å². The third kappa shape index (κ3) is 3.38. The summed E-state index contributed by atoms with van der Waals surface area (Å²) in [5.74, 6) is -1.23. The molecular weight excluding hydrogens is 473 g/mol. The second-order valence-electron chi connectivity index (χ2n) is 7.81. The monoisotopic (exact) mass is 489 g/mol. The Morgan fingerprint density at radius 2 is 2.03 bits per heavy atom. The molecule has 5 rings (SSSR count). The summed E-state index contributed by atoms with van der Waals surface area (Å²) in [7, 11) is 3.00. The van der Waals surface area contributed by atoms with Crippen molar-refractivity contribution in [1.29, 1.82) is 10.5 Å². The number of fused-ring (bicyclic) bond motifs is 2. The summed E-state index contributed by atoms with van der Waals surface area (Å²) in [4.78, 5) is 34.2. The molecule has 2 aliphatic heterocycles. The molecule has 2 unspecified atom stereocenters. The van der Waals surface area contributed by atoms with E-state index >= 15 is 0 Å². The summed E-state index contributed by atoms with van der Waals surface area (Å²) in [6.07, 6.45) is 6.24. The van der Waals surface area contributed by atoms with Gasteiger partial charge in [0.15, 0.2) is 11.6 Å². The number of anilines is 1. The number of aryl methyl sites for hydroxylation is 1. The third-order valence-corrected chi connectivity index (χ3v) is 7.27. The van der Waals surface area contributed by atoms with Crippen LogP contribution in [0, 0.1) is 28.5 Å². The zero-order valence-electron chi connectivity index (χ0n) is 18.5. The van der Waals surface area contributed by atoms with Gasteiger partial charge in [-0.3, -0.25) is 14.5 Å². The second-order valence-corrected chi connectivity index (χ2v) is 8.99. The van der Waals surface area contributed by atoms with Crippen LogP contribution in [0.5, 0.6) is 5.75 Å². The van der Waals surface area contributed by atoms with Gasteiger partial charge in [0, 0.05) is 29.1 Å². The smallest absolute Gasteiger partial charge is 0.332 e. The maximum atomic E-state index is 14.2. The van der Waals surface area contributed by atoms with Crippen molar-refractivity contribution >= 4 is 45.2 Å². The highest BCUT2D eigenvalue weighted by molar-refractivity contribution is 8.09. The summed E-state index contributed by atoms with van der Waals surface area (Å²) >= 11 is 1.15. The lowest BCUT2D eigenvalue weighted by Gasteiger charge is -2.40. The Balaban J connectivity index is 1.61. The standard InChI is InChI=1S/C23H16FN7O3S/c1-29-20-13(10-28-29)9-27-11-17(20)31-22(32)21-16(30(4-3-25)23(31)33)7-19(35-21)14-6-18(34-2)15(24)5-12(14)8-26/h5-7,9-11,16,21H,4H2,1-2H3. The summed E-state index contributed by atoms with van der Waals surface area (Å²) in [5, 5.41) is 23.0. The third-order valence-electron chi connectivity index (χ3n) is 5.93. The molecule has 10 nitrogen and oxygen atoms in total. The van der Waals surface area contributed by atoms with E-state index in [1.54, 1.807) is 30.2 Å². The number of ether oxygens (including phenoxy) is 1. The lowest BCUT2D eigenvalue weighted by atomic mass is 10.0. The van der Waals surface area contributed by atoms with Crippen molar-refractivity contribution in [2.45, 2.75) is 11.3 Å². The zero-order chi connectivity index (χ0) is 24.9. The van der Waals surface area contributed by atoms with Gasteiger partial charge in [-0.05, 0) is 18.2 Å². The minimum atomic E-state index is -0.790. The van der Waals surface area contributed by atoms with Crippen molar-refractivity contribution in [3.63, 3.8) is 0 Å². The molecule has 4 heterocycles. The number of methoxy groups -OCH3 is 1. The molecule has 35 heavy (non-hydrogen) atoms. The van der Waals surface area contributed by atoms with Gasteiger partial charge in [0.2, 0.25) is 0 Å². The second kappa shape index (κ2) is 8.42. The number of pyridine rings is 1. The fourth-order valence-corrected chi connectivity index (χ4v) is 5.68. The van der Waals surface area contributed by atoms with Crippen LogP contribution in [0.4, 0.5) is 14.9 Å². The van der Waals surface area contributed by atoms with Crippen molar-refractivity contribution < 1.29 is 18.7 Å². The fourth-order valence-electron chi connectivity index (χ4n) is 4.32. The molecule has 0 spiro atoms. The van der Waals surface area contributed by atoms with E-state index in [-0.39, 0.29) is 23.5 Å². The van der Waals surface area contributed by atoms with Crippen molar-refractivity contribution in [3.8, 4) is 17.9 Å². The molecule has 2 aromatic heterocycles. The number of nitrogens with zero attached hydrogens (tertiary/aromatic N) is 7. The summed E-state index contributed by atoms with van der Waals surface area (Å²) in [6, 6.07) is 5.02. The number of hydrogen-bond acceptors (Lipinski definition) is 8. The van der Waals surface area contributed by atoms with Crippen LogP contribution in [-0.2, 0) is 11.8 Å². The topological polar surface area (TPSA) is 128 Å². The van der Waals surface area contributed by atoms with Gasteiger partial charge in [-0.2, -0.15) is 15.6 Å². The Labute approximate surface area is 202 Å². The molecule has 2 atom stereocenters. The summed E-state index contributed by atoms with van der Waals surface area (Å²) in [5.41, 5.74) is 1.24. The Morgan fingerprint density at radius 3 is 2.74 bits per heavy atom. The van der Waals surface area contributed by atoms with Gasteiger partial charge < -0.3 is 9.64 Å². The molecule has 1 fully saturated rings. The zero-order valence-corrected chi connectivity index (χ0v) is 19.3. The van der Waals surface area contributed by atoms with Crippen molar-refractivity contribution in [1.82, 2.24) is 19.7 Å². The number of hydrogen-bond donors (Lipinski definition) is 0. The van der Waals surface area contributed by atoms with Crippen LogP contribution in [0.15, 0.2) is 36.8 Å². The van der Waals surface area contributed by atoms with Crippen LogP contribution in [-0.4, -0.2) is 56.5 Å². The van der Waals surface area contributed by atoms with Crippen molar-refractivity contribution in [3.05, 3.63) is 53.7 Å². The van der Waals surface area contributed by atoms with Crippen LogP contribution >= 0.6 is 11.8 Å². The summed E-state index contributed by atoms with van der Waals surface area (Å²) < 4.78 is 20.8. The Morgan fingerprint density at radius 1 is 1.23 bits per heavy atom. The first-order valence-corrected chi connectivity index (χ1v) is 11.2. The van der Waals surface area contributed by atoms with Gasteiger partial charge >= 0.3 is 6.03 Å². The first kappa shape index (κ1) is 22.4. The quantitative estimate of drug-likeness (QED) is 0.512. The molecule has 1 saturated heterocycles. The first-order valence-electron chi connectivity index (χ1n) is 10.3. The number of imide groups is 1. The molecule has 3 aromatic rings. The molecule has 0 radical (unpaired) electrons. The minimum Gasteiger partial charge on any atom is -0.494 e. The van der Waals surface area contributed by atoms with Gasteiger partial charge in [-0.15, -0.1) is 11.8 Å². The highest BCUT2D eigenvalue weighted by atomic mass is 32.2. The van der Waals surface area contributed by atoms with E-state index < -0.39 is 29.0 Å². The average molecular weight is 489 g/mol. The maximum absolute atomic E-state index is 14.2. The normalized spacial score (nSPS) is 19.4. The van der Waals surface area contributed by atoms with E-state index in [2.05, 4.69) is 10.1 Å². The number of amides is 3. The number of nitriles is 2. The Bertz CT molecular complexity index is 1520. The average Bonchev–Trinajstić information content (AvgIpc) is 3.46. The fraction of sp³-hybridized carbons (Fsp3) is 0.217. The first-order chi connectivity index (χ1) is 16.9. The molecule has 2 aliphatic rings. The van der Waals surface area contributed by atoms with Gasteiger partial charge in [0.25, 0.3) is 5.91 Å². The molecule has 0 N–H and O–H groups in total. The number of thioether (sulfide) groups is 1. The molecule has 0 aliphatic carbocycles. The minimum absolute atomic E-state index is 0.0535. The number of aromatic nitrogens is 3. The molecule has 1 aromatic carbocycles. The van der Waals surface area contributed by atoms with Crippen LogP contribution in [0.1, 0.15) is 11.1 Å². The highest BCUT2D eigenvalue weighted by Crippen LogP contribution is 2.47. The summed E-state index contributed by atoms with van der Waals surface area (Å²) in [6.45, 7) is -0.263. The van der Waals surface area contributed by atoms with Gasteiger partial charge in [-0.1, -0.05) is 0 Å².